The van der Waals surface area contributed by atoms with E-state index in [1.807, 2.05) is 12.1 Å². The van der Waals surface area contributed by atoms with Gasteiger partial charge < -0.3 is 15.1 Å². The van der Waals surface area contributed by atoms with Crippen molar-refractivity contribution in [1.29, 1.82) is 0 Å². The summed E-state index contributed by atoms with van der Waals surface area (Å²) in [6.45, 7) is 0.793. The maximum atomic E-state index is 9.24. The van der Waals surface area contributed by atoms with Gasteiger partial charge >= 0.3 is 0 Å². The van der Waals surface area contributed by atoms with Crippen LogP contribution in [0, 0.1) is 0 Å². The van der Waals surface area contributed by atoms with Crippen molar-refractivity contribution in [3.8, 4) is 0 Å². The lowest BCUT2D eigenvalue weighted by molar-refractivity contribution is 0.281. The molecule has 4 heteroatoms. The molecule has 0 radical (unpaired) electrons. The van der Waals surface area contributed by atoms with Gasteiger partial charge in [-0.05, 0) is 30.5 Å². The molecule has 1 aliphatic carbocycles. The Morgan fingerprint density at radius 3 is 2.67 bits per heavy atom. The van der Waals surface area contributed by atoms with Gasteiger partial charge in [0.2, 0.25) is 0 Å². The lowest BCUT2D eigenvalue weighted by Gasteiger charge is -2.35. The molecule has 0 aliphatic heterocycles. The predicted octanol–water partition coefficient (Wildman–Crippen LogP) is 1.71. The minimum absolute atomic E-state index is 0.0349. The number of anilines is 1. The number of hydrogen-bond donors (Lipinski definition) is 2. The van der Waals surface area contributed by atoms with Crippen LogP contribution in [0.5, 0.6) is 0 Å². The molecule has 1 heterocycles. The quantitative estimate of drug-likeness (QED) is 0.835. The van der Waals surface area contributed by atoms with Crippen LogP contribution in [0.4, 0.5) is 5.82 Å². The highest BCUT2D eigenvalue weighted by molar-refractivity contribution is 5.42. The molecular formula is C14H22N2O2. The zero-order chi connectivity index (χ0) is 12.8. The fraction of sp³-hybridized carbons (Fsp3) is 0.643. The van der Waals surface area contributed by atoms with E-state index in [2.05, 4.69) is 9.88 Å². The van der Waals surface area contributed by atoms with Gasteiger partial charge in [-0.25, -0.2) is 4.98 Å². The molecule has 0 amide bonds. The zero-order valence-electron chi connectivity index (χ0n) is 10.8. The molecule has 0 spiro atoms. The Balaban J connectivity index is 2.16. The van der Waals surface area contributed by atoms with Crippen molar-refractivity contribution in [2.24, 2.45) is 0 Å². The van der Waals surface area contributed by atoms with E-state index in [4.69, 9.17) is 0 Å². The summed E-state index contributed by atoms with van der Waals surface area (Å²) in [5.74, 6) is 0.877. The number of rotatable bonds is 5. The van der Waals surface area contributed by atoms with Crippen molar-refractivity contribution in [3.05, 3.63) is 23.9 Å². The molecule has 0 aromatic carbocycles. The average molecular weight is 250 g/mol. The first-order valence-corrected chi connectivity index (χ1v) is 6.78. The number of aliphatic hydroxyl groups is 2. The summed E-state index contributed by atoms with van der Waals surface area (Å²) >= 11 is 0. The first-order valence-electron chi connectivity index (χ1n) is 6.78. The van der Waals surface area contributed by atoms with Gasteiger partial charge in [0.25, 0.3) is 0 Å². The molecule has 2 rings (SSSR count). The van der Waals surface area contributed by atoms with Crippen LogP contribution in [0.2, 0.25) is 0 Å². The first kappa shape index (κ1) is 13.3. The Bertz CT molecular complexity index is 365. The van der Waals surface area contributed by atoms with Crippen molar-refractivity contribution in [2.75, 3.05) is 18.1 Å². The summed E-state index contributed by atoms with van der Waals surface area (Å²) in [4.78, 5) is 6.58. The van der Waals surface area contributed by atoms with Gasteiger partial charge in [-0.1, -0.05) is 19.3 Å². The third-order valence-corrected chi connectivity index (χ3v) is 3.64. The first-order chi connectivity index (χ1) is 8.85. The highest BCUT2D eigenvalue weighted by Crippen LogP contribution is 2.26. The standard InChI is InChI=1S/C14H22N2O2/c17-9-8-16(13-4-2-1-3-5-13)14-10-12(11-18)6-7-15-14/h6-7,10,13,17-18H,1-5,8-9,11H2. The van der Waals surface area contributed by atoms with E-state index in [1.165, 1.54) is 32.1 Å². The zero-order valence-corrected chi connectivity index (χ0v) is 10.8. The summed E-state index contributed by atoms with van der Waals surface area (Å²) in [7, 11) is 0. The second-order valence-electron chi connectivity index (χ2n) is 4.89. The number of nitrogens with zero attached hydrogens (tertiary/aromatic N) is 2. The molecule has 18 heavy (non-hydrogen) atoms. The Morgan fingerprint density at radius 2 is 2.00 bits per heavy atom. The summed E-state index contributed by atoms with van der Waals surface area (Å²) < 4.78 is 0. The van der Waals surface area contributed by atoms with Gasteiger partial charge in [-0.3, -0.25) is 0 Å². The van der Waals surface area contributed by atoms with E-state index in [0.717, 1.165) is 11.4 Å². The Kier molecular flexibility index (Phi) is 4.96. The van der Waals surface area contributed by atoms with Crippen molar-refractivity contribution >= 4 is 5.82 Å². The van der Waals surface area contributed by atoms with E-state index in [9.17, 15) is 10.2 Å². The second kappa shape index (κ2) is 6.71. The summed E-state index contributed by atoms with van der Waals surface area (Å²) in [6.07, 6.45) is 7.90. The summed E-state index contributed by atoms with van der Waals surface area (Å²) in [5.41, 5.74) is 0.874. The predicted molar refractivity (Wildman–Crippen MR) is 71.5 cm³/mol. The summed E-state index contributed by atoms with van der Waals surface area (Å²) in [6, 6.07) is 4.22. The normalized spacial score (nSPS) is 16.8. The fourth-order valence-corrected chi connectivity index (χ4v) is 2.70. The molecule has 0 unspecified atom stereocenters. The number of aliphatic hydroxyl groups excluding tert-OH is 2. The largest absolute Gasteiger partial charge is 0.395 e. The van der Waals surface area contributed by atoms with E-state index >= 15 is 0 Å². The average Bonchev–Trinajstić information content (AvgIpc) is 2.46. The SMILES string of the molecule is OCCN(c1cc(CO)ccn1)C1CCCCC1. The fourth-order valence-electron chi connectivity index (χ4n) is 2.70. The van der Waals surface area contributed by atoms with Gasteiger partial charge in [0.15, 0.2) is 0 Å². The van der Waals surface area contributed by atoms with Crippen LogP contribution in [0.15, 0.2) is 18.3 Å². The van der Waals surface area contributed by atoms with E-state index in [1.54, 1.807) is 6.20 Å². The van der Waals surface area contributed by atoms with E-state index < -0.39 is 0 Å². The third-order valence-electron chi connectivity index (χ3n) is 3.64. The summed E-state index contributed by atoms with van der Waals surface area (Å²) in [5, 5.41) is 18.4. The van der Waals surface area contributed by atoms with Crippen molar-refractivity contribution in [3.63, 3.8) is 0 Å². The van der Waals surface area contributed by atoms with Gasteiger partial charge in [0.05, 0.1) is 13.2 Å². The maximum absolute atomic E-state index is 9.24. The number of aromatic nitrogens is 1. The van der Waals surface area contributed by atoms with Crippen molar-refractivity contribution in [2.45, 2.75) is 44.8 Å². The van der Waals surface area contributed by atoms with Gasteiger partial charge in [-0.2, -0.15) is 0 Å². The van der Waals surface area contributed by atoms with Gasteiger partial charge in [0, 0.05) is 18.8 Å². The van der Waals surface area contributed by atoms with Crippen molar-refractivity contribution in [1.82, 2.24) is 4.98 Å². The Hall–Kier alpha value is -1.13. The Morgan fingerprint density at radius 1 is 1.22 bits per heavy atom. The van der Waals surface area contributed by atoms with Gasteiger partial charge in [-0.15, -0.1) is 0 Å². The number of hydrogen-bond acceptors (Lipinski definition) is 4. The molecule has 1 aromatic rings. The number of pyridine rings is 1. The lowest BCUT2D eigenvalue weighted by Crippen LogP contribution is -2.39. The molecule has 1 aromatic heterocycles. The molecule has 1 saturated carbocycles. The second-order valence-corrected chi connectivity index (χ2v) is 4.89. The molecule has 4 nitrogen and oxygen atoms in total. The minimum Gasteiger partial charge on any atom is -0.395 e. The van der Waals surface area contributed by atoms with E-state index in [0.29, 0.717) is 12.6 Å². The van der Waals surface area contributed by atoms with Crippen LogP contribution >= 0.6 is 0 Å². The monoisotopic (exact) mass is 250 g/mol. The smallest absolute Gasteiger partial charge is 0.129 e. The maximum Gasteiger partial charge on any atom is 0.129 e. The Labute approximate surface area is 108 Å². The van der Waals surface area contributed by atoms with Crippen LogP contribution in [0.3, 0.4) is 0 Å². The molecular weight excluding hydrogens is 228 g/mol. The molecule has 0 saturated heterocycles. The van der Waals surface area contributed by atoms with Crippen LogP contribution in [-0.4, -0.2) is 34.4 Å². The molecule has 1 aliphatic rings. The highest BCUT2D eigenvalue weighted by atomic mass is 16.3. The molecule has 2 N–H and O–H groups in total. The third kappa shape index (κ3) is 3.21. The highest BCUT2D eigenvalue weighted by Gasteiger charge is 2.21. The van der Waals surface area contributed by atoms with Gasteiger partial charge in [0.1, 0.15) is 5.82 Å². The van der Waals surface area contributed by atoms with Crippen LogP contribution in [0.25, 0.3) is 0 Å². The molecule has 0 atom stereocenters. The van der Waals surface area contributed by atoms with Crippen LogP contribution in [0.1, 0.15) is 37.7 Å². The molecule has 100 valence electrons. The van der Waals surface area contributed by atoms with Crippen LogP contribution in [-0.2, 0) is 6.61 Å². The van der Waals surface area contributed by atoms with Crippen LogP contribution < -0.4 is 4.90 Å². The van der Waals surface area contributed by atoms with E-state index in [-0.39, 0.29) is 13.2 Å². The molecule has 0 bridgehead atoms. The minimum atomic E-state index is 0.0349. The van der Waals surface area contributed by atoms with Crippen molar-refractivity contribution < 1.29 is 10.2 Å². The lowest BCUT2D eigenvalue weighted by atomic mass is 9.94. The topological polar surface area (TPSA) is 56.6 Å². The molecule has 1 fully saturated rings.